The Kier molecular flexibility index (Phi) is 3.19. The summed E-state index contributed by atoms with van der Waals surface area (Å²) in [6.07, 6.45) is 2.36. The van der Waals surface area contributed by atoms with Crippen molar-refractivity contribution in [2.75, 3.05) is 6.54 Å². The van der Waals surface area contributed by atoms with Gasteiger partial charge in [-0.25, -0.2) is 0 Å². The third kappa shape index (κ3) is 2.70. The van der Waals surface area contributed by atoms with Gasteiger partial charge in [0.25, 0.3) is 5.91 Å². The van der Waals surface area contributed by atoms with Crippen LogP contribution in [-0.2, 0) is 6.42 Å². The molecule has 0 fully saturated rings. The van der Waals surface area contributed by atoms with E-state index in [9.17, 15) is 4.79 Å². The van der Waals surface area contributed by atoms with E-state index in [1.165, 1.54) is 11.1 Å². The zero-order valence-corrected chi connectivity index (χ0v) is 8.92. The molecule has 2 rings (SSSR count). The molecule has 0 unspecified atom stereocenters. The topological polar surface area (TPSA) is 42.2 Å². The zero-order valence-electron chi connectivity index (χ0n) is 8.10. The lowest BCUT2D eigenvalue weighted by Crippen LogP contribution is -2.24. The van der Waals surface area contributed by atoms with Crippen molar-refractivity contribution in [1.29, 1.82) is 0 Å². The van der Waals surface area contributed by atoms with Gasteiger partial charge in [-0.05, 0) is 30.0 Å². The van der Waals surface area contributed by atoms with Crippen LogP contribution in [0.1, 0.15) is 15.4 Å². The third-order valence-electron chi connectivity index (χ3n) is 1.98. The summed E-state index contributed by atoms with van der Waals surface area (Å²) in [6.45, 7) is 0.639. The maximum absolute atomic E-state index is 11.4. The van der Waals surface area contributed by atoms with E-state index in [4.69, 9.17) is 4.42 Å². The highest BCUT2D eigenvalue weighted by Crippen LogP contribution is 2.08. The van der Waals surface area contributed by atoms with Crippen molar-refractivity contribution < 1.29 is 9.21 Å². The summed E-state index contributed by atoms with van der Waals surface area (Å²) in [5, 5.41) is 4.83. The van der Waals surface area contributed by atoms with Gasteiger partial charge in [0.2, 0.25) is 0 Å². The van der Waals surface area contributed by atoms with Gasteiger partial charge >= 0.3 is 0 Å². The van der Waals surface area contributed by atoms with Crippen molar-refractivity contribution in [2.45, 2.75) is 6.42 Å². The van der Waals surface area contributed by atoms with E-state index in [2.05, 4.69) is 11.4 Å². The smallest absolute Gasteiger partial charge is 0.286 e. The Morgan fingerprint density at radius 1 is 1.40 bits per heavy atom. The number of rotatable bonds is 4. The predicted molar refractivity (Wildman–Crippen MR) is 59.1 cm³/mol. The number of hydrogen-bond donors (Lipinski definition) is 1. The van der Waals surface area contributed by atoms with Gasteiger partial charge < -0.3 is 9.73 Å². The number of hydrogen-bond acceptors (Lipinski definition) is 3. The minimum absolute atomic E-state index is 0.156. The van der Waals surface area contributed by atoms with Crippen molar-refractivity contribution in [3.63, 3.8) is 0 Å². The Morgan fingerprint density at radius 3 is 3.00 bits per heavy atom. The summed E-state index contributed by atoms with van der Waals surface area (Å²) < 4.78 is 4.97. The Labute approximate surface area is 91.7 Å². The minimum Gasteiger partial charge on any atom is -0.459 e. The van der Waals surface area contributed by atoms with Gasteiger partial charge in [0, 0.05) is 11.4 Å². The molecule has 2 aromatic rings. The second kappa shape index (κ2) is 4.79. The summed E-state index contributed by atoms with van der Waals surface area (Å²) in [5.74, 6) is 0.206. The first-order valence-corrected chi connectivity index (χ1v) is 5.58. The maximum atomic E-state index is 11.4. The van der Waals surface area contributed by atoms with Gasteiger partial charge in [0.15, 0.2) is 5.76 Å². The highest BCUT2D eigenvalue weighted by atomic mass is 32.1. The number of nitrogens with one attached hydrogen (secondary N) is 1. The summed E-state index contributed by atoms with van der Waals surface area (Å²) in [6, 6.07) is 7.42. The van der Waals surface area contributed by atoms with Gasteiger partial charge in [-0.3, -0.25) is 4.79 Å². The van der Waals surface area contributed by atoms with Gasteiger partial charge in [-0.15, -0.1) is 11.3 Å². The molecule has 0 aliphatic carbocycles. The molecule has 15 heavy (non-hydrogen) atoms. The van der Waals surface area contributed by atoms with E-state index in [0.29, 0.717) is 12.3 Å². The summed E-state index contributed by atoms with van der Waals surface area (Å²) in [4.78, 5) is 12.7. The second-order valence-electron chi connectivity index (χ2n) is 3.06. The number of carbonyl (C=O) groups is 1. The van der Waals surface area contributed by atoms with E-state index in [1.807, 2.05) is 11.4 Å². The number of carbonyl (C=O) groups excluding carboxylic acids is 1. The fourth-order valence-electron chi connectivity index (χ4n) is 1.25. The van der Waals surface area contributed by atoms with Crippen LogP contribution in [0.15, 0.2) is 40.3 Å². The molecule has 0 saturated heterocycles. The molecule has 1 amide bonds. The molecule has 0 spiro atoms. The molecule has 2 aromatic heterocycles. The predicted octanol–water partition coefficient (Wildman–Crippen LogP) is 2.31. The lowest BCUT2D eigenvalue weighted by atomic mass is 10.3. The van der Waals surface area contributed by atoms with Crippen LogP contribution in [-0.4, -0.2) is 12.5 Å². The highest BCUT2D eigenvalue weighted by molar-refractivity contribution is 7.09. The van der Waals surface area contributed by atoms with E-state index in [0.717, 1.165) is 6.42 Å². The molecular weight excluding hydrogens is 210 g/mol. The molecule has 0 saturated carbocycles. The van der Waals surface area contributed by atoms with Crippen molar-refractivity contribution >= 4 is 17.2 Å². The Bertz CT molecular complexity index is 406. The Hall–Kier alpha value is -1.55. The minimum atomic E-state index is -0.156. The maximum Gasteiger partial charge on any atom is 0.286 e. The van der Waals surface area contributed by atoms with Crippen molar-refractivity contribution in [1.82, 2.24) is 5.32 Å². The van der Waals surface area contributed by atoms with Crippen LogP contribution < -0.4 is 5.32 Å². The fraction of sp³-hybridized carbons (Fsp3) is 0.182. The molecule has 0 aromatic carbocycles. The quantitative estimate of drug-likeness (QED) is 0.860. The zero-order chi connectivity index (χ0) is 10.5. The number of furan rings is 1. The first kappa shape index (κ1) is 9.98. The van der Waals surface area contributed by atoms with E-state index < -0.39 is 0 Å². The van der Waals surface area contributed by atoms with Crippen molar-refractivity contribution in [2.24, 2.45) is 0 Å². The van der Waals surface area contributed by atoms with Crippen LogP contribution in [0, 0.1) is 0 Å². The van der Waals surface area contributed by atoms with Crippen molar-refractivity contribution in [3.8, 4) is 0 Å². The summed E-state index contributed by atoms with van der Waals surface area (Å²) in [5.41, 5.74) is 0. The van der Waals surface area contributed by atoms with Crippen LogP contribution in [0.2, 0.25) is 0 Å². The van der Waals surface area contributed by atoms with Crippen LogP contribution in [0.4, 0.5) is 0 Å². The third-order valence-corrected chi connectivity index (χ3v) is 2.92. The number of amides is 1. The van der Waals surface area contributed by atoms with E-state index in [-0.39, 0.29) is 5.91 Å². The number of thiophene rings is 1. The first-order chi connectivity index (χ1) is 7.36. The second-order valence-corrected chi connectivity index (χ2v) is 4.09. The normalized spacial score (nSPS) is 10.1. The molecule has 0 aliphatic heterocycles. The van der Waals surface area contributed by atoms with Crippen LogP contribution in [0.5, 0.6) is 0 Å². The fourth-order valence-corrected chi connectivity index (χ4v) is 1.96. The lowest BCUT2D eigenvalue weighted by molar-refractivity contribution is 0.0926. The standard InChI is InChI=1S/C11H11NO2S/c13-11(10-4-1-7-14-10)12-6-5-9-3-2-8-15-9/h1-4,7-8H,5-6H2,(H,12,13). The van der Waals surface area contributed by atoms with Crippen LogP contribution in [0.25, 0.3) is 0 Å². The van der Waals surface area contributed by atoms with Gasteiger partial charge in [0.05, 0.1) is 6.26 Å². The van der Waals surface area contributed by atoms with Crippen LogP contribution >= 0.6 is 11.3 Å². The molecule has 0 aliphatic rings. The molecule has 78 valence electrons. The van der Waals surface area contributed by atoms with Crippen LogP contribution in [0.3, 0.4) is 0 Å². The highest BCUT2D eigenvalue weighted by Gasteiger charge is 2.06. The average Bonchev–Trinajstić information content (AvgIpc) is 2.90. The molecule has 0 atom stereocenters. The Morgan fingerprint density at radius 2 is 2.33 bits per heavy atom. The average molecular weight is 221 g/mol. The summed E-state index contributed by atoms with van der Waals surface area (Å²) in [7, 11) is 0. The monoisotopic (exact) mass is 221 g/mol. The van der Waals surface area contributed by atoms with Gasteiger partial charge in [0.1, 0.15) is 0 Å². The van der Waals surface area contributed by atoms with E-state index in [1.54, 1.807) is 23.5 Å². The molecule has 0 radical (unpaired) electrons. The molecule has 0 bridgehead atoms. The Balaban J connectivity index is 1.77. The lowest BCUT2D eigenvalue weighted by Gasteiger charge is -2.00. The molecule has 1 N–H and O–H groups in total. The van der Waals surface area contributed by atoms with Gasteiger partial charge in [-0.2, -0.15) is 0 Å². The molecule has 3 nitrogen and oxygen atoms in total. The molecule has 2 heterocycles. The first-order valence-electron chi connectivity index (χ1n) is 4.70. The molecular formula is C11H11NO2S. The van der Waals surface area contributed by atoms with E-state index >= 15 is 0 Å². The van der Waals surface area contributed by atoms with Gasteiger partial charge in [-0.1, -0.05) is 6.07 Å². The molecule has 4 heteroatoms. The van der Waals surface area contributed by atoms with Crippen molar-refractivity contribution in [3.05, 3.63) is 46.5 Å². The SMILES string of the molecule is O=C(NCCc1cccs1)c1ccco1. The summed E-state index contributed by atoms with van der Waals surface area (Å²) >= 11 is 1.70. The largest absolute Gasteiger partial charge is 0.459 e.